The van der Waals surface area contributed by atoms with E-state index in [-0.39, 0.29) is 144 Å². The van der Waals surface area contributed by atoms with Crippen molar-refractivity contribution in [2.45, 2.75) is 0 Å². The first kappa shape index (κ1) is 116. The van der Waals surface area contributed by atoms with Gasteiger partial charge < -0.3 is 74.4 Å². The van der Waals surface area contributed by atoms with Crippen LogP contribution in [0.3, 0.4) is 0 Å². The zero-order chi connectivity index (χ0) is 0. The summed E-state index contributed by atoms with van der Waals surface area (Å²) in [5.74, 6) is 0. The van der Waals surface area contributed by atoms with Gasteiger partial charge in [-0.05, 0) is 0 Å². The van der Waals surface area contributed by atoms with Crippen LogP contribution in [0.25, 0.3) is 0 Å². The molecule has 0 aromatic heterocycles. The van der Waals surface area contributed by atoms with Gasteiger partial charge in [-0.25, -0.2) is 0 Å². The van der Waals surface area contributed by atoms with Crippen LogP contribution < -0.4 is 74.4 Å². The zero-order valence-electron chi connectivity index (χ0n) is 4.39. The number of hydrogen-bond donors (Lipinski definition) is 0. The molecule has 0 saturated carbocycles. The fourth-order valence-electron chi connectivity index (χ4n) is 0. The molecule has 0 aliphatic heterocycles. The molecule has 0 nitrogen and oxygen atoms in total. The molecule has 0 N–H and O–H groups in total. The molecule has 0 spiro atoms. The third-order valence-corrected chi connectivity index (χ3v) is 0. The van der Waals surface area contributed by atoms with Crippen LogP contribution in [0.15, 0.2) is 0 Å². The van der Waals surface area contributed by atoms with Crippen molar-refractivity contribution in [3.05, 3.63) is 0 Å². The van der Waals surface area contributed by atoms with Crippen molar-refractivity contribution in [2.75, 3.05) is 0 Å². The van der Waals surface area contributed by atoms with Crippen LogP contribution in [0, 0.1) is 0 Å². The van der Waals surface area contributed by atoms with Gasteiger partial charge in [0.05, 0.1) is 0 Å². The average molecular weight is 286 g/mol. The summed E-state index contributed by atoms with van der Waals surface area (Å²) in [5, 5.41) is 0. The molecule has 9 heteroatoms. The van der Waals surface area contributed by atoms with Crippen LogP contribution in [0.2, 0.25) is 0 Å². The third-order valence-electron chi connectivity index (χ3n) is 0. The van der Waals surface area contributed by atoms with E-state index in [1.54, 1.807) is 0 Å². The SMILES string of the molecule is [Cl-].[Cl-].[Cl-].[Cl-].[Cl-].[Cl-].[Mg+2].[Mg+2].[Mg+2]. The van der Waals surface area contributed by atoms with Crippen molar-refractivity contribution < 1.29 is 74.4 Å². The van der Waals surface area contributed by atoms with E-state index in [0.29, 0.717) is 0 Å². The molecule has 0 aromatic carbocycles. The second-order valence-corrected chi connectivity index (χ2v) is 0. The number of hydrogen-bond acceptors (Lipinski definition) is 0. The first-order chi connectivity index (χ1) is 0. The van der Waals surface area contributed by atoms with Gasteiger partial charge >= 0.3 is 69.2 Å². The van der Waals surface area contributed by atoms with Crippen LogP contribution in [-0.4, -0.2) is 69.2 Å². The van der Waals surface area contributed by atoms with Crippen molar-refractivity contribution in [3.8, 4) is 0 Å². The maximum absolute atomic E-state index is 0. The van der Waals surface area contributed by atoms with E-state index in [1.165, 1.54) is 0 Å². The fourth-order valence-corrected chi connectivity index (χ4v) is 0. The quantitative estimate of drug-likeness (QED) is 0.388. The van der Waals surface area contributed by atoms with Gasteiger partial charge in [-0.3, -0.25) is 0 Å². The van der Waals surface area contributed by atoms with Gasteiger partial charge in [-0.2, -0.15) is 0 Å². The predicted molar refractivity (Wildman–Crippen MR) is 17.3 cm³/mol. The summed E-state index contributed by atoms with van der Waals surface area (Å²) in [6.45, 7) is 0. The average Bonchev–Trinajstić information content (AvgIpc) is 0. The Morgan fingerprint density at radius 1 is 0.222 bits per heavy atom. The third kappa shape index (κ3) is 74.4. The maximum Gasteiger partial charge on any atom is 2.00 e. The second-order valence-electron chi connectivity index (χ2n) is 0. The minimum absolute atomic E-state index is 0. The fraction of sp³-hybridized carbons (Fsp3) is 0. The van der Waals surface area contributed by atoms with Crippen molar-refractivity contribution >= 4 is 69.2 Å². The smallest absolute Gasteiger partial charge is 1.00 e. The first-order valence-corrected chi connectivity index (χ1v) is 0. The van der Waals surface area contributed by atoms with E-state index in [1.807, 2.05) is 0 Å². The molecular weight excluding hydrogens is 286 g/mol. The summed E-state index contributed by atoms with van der Waals surface area (Å²) in [6.07, 6.45) is 0. The van der Waals surface area contributed by atoms with Gasteiger partial charge in [-0.1, -0.05) is 0 Å². The van der Waals surface area contributed by atoms with Gasteiger partial charge in [0.15, 0.2) is 0 Å². The second kappa shape index (κ2) is 89.9. The van der Waals surface area contributed by atoms with E-state index < -0.39 is 0 Å². The van der Waals surface area contributed by atoms with Gasteiger partial charge in [0.2, 0.25) is 0 Å². The van der Waals surface area contributed by atoms with Crippen LogP contribution in [0.5, 0.6) is 0 Å². The molecule has 0 saturated heterocycles. The molecule has 0 heterocycles. The molecule has 0 rings (SSSR count). The molecule has 0 aromatic rings. The molecule has 0 amide bonds. The van der Waals surface area contributed by atoms with Gasteiger partial charge in [-0.15, -0.1) is 0 Å². The molecule has 0 aliphatic carbocycles. The number of halogens is 6. The minimum atomic E-state index is 0. The Morgan fingerprint density at radius 2 is 0.222 bits per heavy atom. The van der Waals surface area contributed by atoms with Crippen LogP contribution >= 0.6 is 0 Å². The topological polar surface area (TPSA) is 0 Å². The summed E-state index contributed by atoms with van der Waals surface area (Å²) < 4.78 is 0. The summed E-state index contributed by atoms with van der Waals surface area (Å²) in [4.78, 5) is 0. The maximum atomic E-state index is 0. The normalized spacial score (nSPS) is 0. The van der Waals surface area contributed by atoms with Gasteiger partial charge in [0.25, 0.3) is 0 Å². The van der Waals surface area contributed by atoms with Gasteiger partial charge in [0, 0.05) is 0 Å². The summed E-state index contributed by atoms with van der Waals surface area (Å²) in [6, 6.07) is 0. The Bertz CT molecular complexity index is 8.26. The summed E-state index contributed by atoms with van der Waals surface area (Å²) in [7, 11) is 0. The van der Waals surface area contributed by atoms with E-state index in [9.17, 15) is 0 Å². The Labute approximate surface area is 141 Å². The van der Waals surface area contributed by atoms with Crippen LogP contribution in [0.1, 0.15) is 0 Å². The molecule has 48 valence electrons. The molecule has 9 heavy (non-hydrogen) atoms. The predicted octanol–water partition coefficient (Wildman–Crippen LogP) is -19.1. The standard InChI is InChI=1S/6ClH.3Mg/h6*1H;;;/q;;;;;;3*+2/p-6. The van der Waals surface area contributed by atoms with Crippen LogP contribution in [0.4, 0.5) is 0 Å². The summed E-state index contributed by atoms with van der Waals surface area (Å²) in [5.41, 5.74) is 0. The molecular formula is Cl6Mg3. The largest absolute Gasteiger partial charge is 2.00 e. The molecule has 0 fully saturated rings. The molecule has 0 bridgehead atoms. The van der Waals surface area contributed by atoms with Crippen molar-refractivity contribution in [1.82, 2.24) is 0 Å². The Kier molecular flexibility index (Phi) is 1160. The Morgan fingerprint density at radius 3 is 0.222 bits per heavy atom. The first-order valence-electron chi connectivity index (χ1n) is 0. The Hall–Kier alpha value is 4.04. The van der Waals surface area contributed by atoms with Crippen molar-refractivity contribution in [3.63, 3.8) is 0 Å². The molecule has 0 aliphatic rings. The minimum Gasteiger partial charge on any atom is -1.00 e. The number of rotatable bonds is 0. The van der Waals surface area contributed by atoms with E-state index in [0.717, 1.165) is 0 Å². The molecule has 0 atom stereocenters. The van der Waals surface area contributed by atoms with Crippen molar-refractivity contribution in [2.24, 2.45) is 0 Å². The monoisotopic (exact) mass is 282 g/mol. The van der Waals surface area contributed by atoms with Gasteiger partial charge in [0.1, 0.15) is 0 Å². The van der Waals surface area contributed by atoms with Crippen molar-refractivity contribution in [1.29, 1.82) is 0 Å². The van der Waals surface area contributed by atoms with E-state index in [4.69, 9.17) is 0 Å². The molecule has 0 unspecified atom stereocenters. The molecule has 0 radical (unpaired) electrons. The Balaban J connectivity index is 0. The van der Waals surface area contributed by atoms with E-state index in [2.05, 4.69) is 0 Å². The van der Waals surface area contributed by atoms with Crippen LogP contribution in [-0.2, 0) is 0 Å². The van der Waals surface area contributed by atoms with E-state index >= 15 is 0 Å². The zero-order valence-corrected chi connectivity index (χ0v) is 13.2. The summed E-state index contributed by atoms with van der Waals surface area (Å²) >= 11 is 0.